The molecule has 7 aromatic carbocycles. The van der Waals surface area contributed by atoms with Gasteiger partial charge in [-0.1, -0.05) is 48.5 Å². The van der Waals surface area contributed by atoms with Crippen molar-refractivity contribution in [3.05, 3.63) is 145 Å². The first-order chi connectivity index (χ1) is 24.7. The van der Waals surface area contributed by atoms with Crippen molar-refractivity contribution in [3.63, 3.8) is 0 Å². The van der Waals surface area contributed by atoms with Gasteiger partial charge in [0.25, 0.3) is 0 Å². The third-order valence-electron chi connectivity index (χ3n) is 10.2. The Kier molecular flexibility index (Phi) is 5.34. The van der Waals surface area contributed by atoms with Gasteiger partial charge in [-0.3, -0.25) is 0 Å². The average molecular weight is 655 g/mol. The molecule has 0 unspecified atom stereocenters. The SMILES string of the molecule is N#Cc1ccc2sc3c(ccc4c5ccccc5n(-c5ccc6oc7ccc(-n8c9ccccc9c9cc(C#N)ccc98)cc7c6c5)c43)c2c1. The minimum atomic E-state index is 0.647. The van der Waals surface area contributed by atoms with Crippen LogP contribution in [0.2, 0.25) is 0 Å². The molecule has 11 aromatic rings. The number of hydrogen-bond donors (Lipinski definition) is 0. The summed E-state index contributed by atoms with van der Waals surface area (Å²) in [6.45, 7) is 0. The lowest BCUT2D eigenvalue weighted by atomic mass is 10.1. The van der Waals surface area contributed by atoms with Crippen LogP contribution in [0.25, 0.3) is 97.1 Å². The predicted molar refractivity (Wildman–Crippen MR) is 205 cm³/mol. The van der Waals surface area contributed by atoms with E-state index in [2.05, 4.69) is 118 Å². The van der Waals surface area contributed by atoms with Gasteiger partial charge >= 0.3 is 0 Å². The molecule has 6 heteroatoms. The van der Waals surface area contributed by atoms with Crippen LogP contribution >= 0.6 is 11.3 Å². The second-order valence-corrected chi connectivity index (χ2v) is 13.8. The van der Waals surface area contributed by atoms with E-state index in [1.54, 1.807) is 11.3 Å². The summed E-state index contributed by atoms with van der Waals surface area (Å²) in [5.41, 5.74) is 9.51. The van der Waals surface area contributed by atoms with Crippen molar-refractivity contribution in [1.29, 1.82) is 10.5 Å². The minimum absolute atomic E-state index is 0.647. The molecule has 0 saturated carbocycles. The average Bonchev–Trinajstić information content (AvgIpc) is 3.91. The summed E-state index contributed by atoms with van der Waals surface area (Å²) < 4.78 is 13.5. The first-order valence-corrected chi connectivity index (χ1v) is 17.2. The van der Waals surface area contributed by atoms with Gasteiger partial charge in [0.15, 0.2) is 0 Å². The topological polar surface area (TPSA) is 70.6 Å². The van der Waals surface area contributed by atoms with Crippen molar-refractivity contribution in [2.24, 2.45) is 0 Å². The number of hydrogen-bond acceptors (Lipinski definition) is 4. The van der Waals surface area contributed by atoms with Crippen LogP contribution in [0.4, 0.5) is 0 Å². The Labute approximate surface area is 288 Å². The predicted octanol–water partition coefficient (Wildman–Crippen LogP) is 11.9. The van der Waals surface area contributed by atoms with Gasteiger partial charge in [-0.05, 0) is 84.9 Å². The number of furan rings is 1. The van der Waals surface area contributed by atoms with E-state index in [-0.39, 0.29) is 0 Å². The fourth-order valence-corrected chi connectivity index (χ4v) is 9.19. The van der Waals surface area contributed by atoms with Crippen LogP contribution in [0, 0.1) is 22.7 Å². The van der Waals surface area contributed by atoms with Crippen LogP contribution < -0.4 is 0 Å². The molecule has 0 saturated heterocycles. The van der Waals surface area contributed by atoms with E-state index in [1.165, 1.54) is 25.7 Å². The quantitative estimate of drug-likeness (QED) is 0.186. The molecular weight excluding hydrogens is 633 g/mol. The molecule has 0 radical (unpaired) electrons. The largest absolute Gasteiger partial charge is 0.456 e. The number of nitrogens with zero attached hydrogens (tertiary/aromatic N) is 4. The number of aromatic nitrogens is 2. The van der Waals surface area contributed by atoms with E-state index in [0.29, 0.717) is 11.1 Å². The lowest BCUT2D eigenvalue weighted by Crippen LogP contribution is -1.94. The van der Waals surface area contributed by atoms with Crippen molar-refractivity contribution in [2.45, 2.75) is 0 Å². The van der Waals surface area contributed by atoms with Gasteiger partial charge in [-0.2, -0.15) is 10.5 Å². The minimum Gasteiger partial charge on any atom is -0.456 e. The number of rotatable bonds is 2. The van der Waals surface area contributed by atoms with Crippen molar-refractivity contribution in [2.75, 3.05) is 0 Å². The summed E-state index contributed by atoms with van der Waals surface area (Å²) >= 11 is 1.78. The molecule has 0 aliphatic rings. The van der Waals surface area contributed by atoms with Gasteiger partial charge < -0.3 is 13.6 Å². The maximum Gasteiger partial charge on any atom is 0.135 e. The first-order valence-electron chi connectivity index (χ1n) is 16.4. The Morgan fingerprint density at radius 2 is 1.04 bits per heavy atom. The van der Waals surface area contributed by atoms with Crippen LogP contribution in [0.15, 0.2) is 138 Å². The van der Waals surface area contributed by atoms with E-state index in [4.69, 9.17) is 4.42 Å². The monoisotopic (exact) mass is 654 g/mol. The number of para-hydroxylation sites is 2. The van der Waals surface area contributed by atoms with Crippen LogP contribution in [0.3, 0.4) is 0 Å². The summed E-state index contributed by atoms with van der Waals surface area (Å²) in [6, 6.07) is 50.8. The molecule has 230 valence electrons. The summed E-state index contributed by atoms with van der Waals surface area (Å²) in [4.78, 5) is 0. The zero-order valence-corrected chi connectivity index (χ0v) is 27.1. The van der Waals surface area contributed by atoms with E-state index >= 15 is 0 Å². The Morgan fingerprint density at radius 1 is 0.460 bits per heavy atom. The van der Waals surface area contributed by atoms with Crippen molar-refractivity contribution in [1.82, 2.24) is 9.13 Å². The molecule has 0 aliphatic heterocycles. The normalized spacial score (nSPS) is 12.0. The third kappa shape index (κ3) is 3.58. The highest BCUT2D eigenvalue weighted by molar-refractivity contribution is 7.26. The second-order valence-electron chi connectivity index (χ2n) is 12.8. The molecule has 4 aromatic heterocycles. The smallest absolute Gasteiger partial charge is 0.135 e. The molecule has 5 nitrogen and oxygen atoms in total. The lowest BCUT2D eigenvalue weighted by Gasteiger charge is -2.09. The van der Waals surface area contributed by atoms with Crippen LogP contribution in [0.5, 0.6) is 0 Å². The van der Waals surface area contributed by atoms with Crippen molar-refractivity contribution < 1.29 is 4.42 Å². The molecule has 0 fully saturated rings. The van der Waals surface area contributed by atoms with Gasteiger partial charge in [0.1, 0.15) is 11.2 Å². The van der Waals surface area contributed by atoms with Gasteiger partial charge in [0, 0.05) is 59.2 Å². The van der Waals surface area contributed by atoms with Crippen LogP contribution in [-0.2, 0) is 0 Å². The maximum atomic E-state index is 9.62. The first kappa shape index (κ1) is 27.1. The Hall–Kier alpha value is -6.86. The van der Waals surface area contributed by atoms with Gasteiger partial charge in [0.05, 0.1) is 50.0 Å². The van der Waals surface area contributed by atoms with Crippen molar-refractivity contribution in [3.8, 4) is 23.5 Å². The van der Waals surface area contributed by atoms with Crippen molar-refractivity contribution >= 4 is 97.1 Å². The standard InChI is InChI=1S/C44H22N4OS/c45-23-25-9-15-39-33(19-25)30-6-2-3-7-37(30)47(39)27-11-16-40-34(21-27)35-22-28(12-17-41(35)49-40)48-38-8-4-1-5-29(38)31-13-14-32-36-20-26(24-46)10-18-42(36)50-44(32)43(31)48/h1-22H. The summed E-state index contributed by atoms with van der Waals surface area (Å²) in [7, 11) is 0. The van der Waals surface area contributed by atoms with Crippen LogP contribution in [0.1, 0.15) is 11.1 Å². The second kappa shape index (κ2) is 9.84. The van der Waals surface area contributed by atoms with Crippen LogP contribution in [-0.4, -0.2) is 9.13 Å². The van der Waals surface area contributed by atoms with E-state index in [9.17, 15) is 10.5 Å². The molecule has 0 atom stereocenters. The van der Waals surface area contributed by atoms with Gasteiger partial charge in [0.2, 0.25) is 0 Å². The highest BCUT2D eigenvalue weighted by Crippen LogP contribution is 2.44. The molecular formula is C44H22N4OS. The lowest BCUT2D eigenvalue weighted by molar-refractivity contribution is 0.669. The molecule has 4 heterocycles. The van der Waals surface area contributed by atoms with E-state index < -0.39 is 0 Å². The molecule has 0 aliphatic carbocycles. The Balaban J connectivity index is 1.19. The number of fused-ring (bicyclic) bond motifs is 13. The summed E-state index contributed by atoms with van der Waals surface area (Å²) in [6.07, 6.45) is 0. The number of thiophene rings is 1. The summed E-state index contributed by atoms with van der Waals surface area (Å²) in [5.74, 6) is 0. The maximum absolute atomic E-state index is 9.62. The number of nitriles is 2. The van der Waals surface area contributed by atoms with E-state index in [0.717, 1.165) is 71.4 Å². The zero-order valence-electron chi connectivity index (χ0n) is 26.3. The summed E-state index contributed by atoms with van der Waals surface area (Å²) in [5, 5.41) is 28.2. The molecule has 0 spiro atoms. The molecule has 50 heavy (non-hydrogen) atoms. The number of benzene rings is 7. The third-order valence-corrected chi connectivity index (χ3v) is 11.3. The molecule has 0 amide bonds. The fraction of sp³-hybridized carbons (Fsp3) is 0. The zero-order chi connectivity index (χ0) is 33.1. The Bertz CT molecular complexity index is 3360. The molecule has 0 N–H and O–H groups in total. The Morgan fingerprint density at radius 3 is 1.76 bits per heavy atom. The molecule has 0 bridgehead atoms. The van der Waals surface area contributed by atoms with E-state index in [1.807, 2.05) is 36.4 Å². The highest BCUT2D eigenvalue weighted by atomic mass is 32.1. The highest BCUT2D eigenvalue weighted by Gasteiger charge is 2.20. The fourth-order valence-electron chi connectivity index (χ4n) is 7.97. The van der Waals surface area contributed by atoms with Gasteiger partial charge in [-0.25, -0.2) is 0 Å². The molecule has 11 rings (SSSR count). The van der Waals surface area contributed by atoms with Gasteiger partial charge in [-0.15, -0.1) is 11.3 Å².